The smallest absolute Gasteiger partial charge is 0.251 e. The molecule has 0 spiro atoms. The highest BCUT2D eigenvalue weighted by Gasteiger charge is 2.45. The Bertz CT molecular complexity index is 496. The first-order valence-electron chi connectivity index (χ1n) is 8.00. The van der Waals surface area contributed by atoms with E-state index in [9.17, 15) is 4.79 Å². The van der Waals surface area contributed by atoms with Crippen LogP contribution in [0.25, 0.3) is 0 Å². The maximum atomic E-state index is 12.3. The molecule has 1 N–H and O–H groups in total. The molecule has 4 heteroatoms. The normalized spacial score (nSPS) is 26.9. The largest absolute Gasteiger partial charge is 0.378 e. The van der Waals surface area contributed by atoms with E-state index in [2.05, 4.69) is 24.1 Å². The van der Waals surface area contributed by atoms with E-state index in [-0.39, 0.29) is 5.91 Å². The number of amides is 1. The average Bonchev–Trinajstić information content (AvgIpc) is 2.88. The molecule has 1 aliphatic carbocycles. The molecule has 1 amide bonds. The van der Waals surface area contributed by atoms with E-state index in [1.807, 2.05) is 24.3 Å². The summed E-state index contributed by atoms with van der Waals surface area (Å²) in [4.78, 5) is 14.6. The van der Waals surface area contributed by atoms with Gasteiger partial charge < -0.3 is 15.0 Å². The first-order chi connectivity index (χ1) is 10.2. The zero-order chi connectivity index (χ0) is 14.8. The van der Waals surface area contributed by atoms with Crippen LogP contribution in [0.2, 0.25) is 0 Å². The molecule has 1 saturated carbocycles. The van der Waals surface area contributed by atoms with Crippen LogP contribution in [0.1, 0.15) is 37.0 Å². The zero-order valence-corrected chi connectivity index (χ0v) is 12.8. The summed E-state index contributed by atoms with van der Waals surface area (Å²) in [5, 5.41) is 3.15. The summed E-state index contributed by atoms with van der Waals surface area (Å²) in [5.41, 5.74) is 1.91. The van der Waals surface area contributed by atoms with Crippen molar-refractivity contribution in [2.45, 2.75) is 38.8 Å². The van der Waals surface area contributed by atoms with E-state index >= 15 is 0 Å². The standard InChI is InChI=1S/C17H24N2O2/c1-3-19(4-2)13-7-5-12(6-8-13)17(20)18-15-11-16-14(15)9-10-21-16/h5-8,14-16H,3-4,9-11H2,1-2H3,(H,18,20)/t14-,15+,16+/m0/s1. The summed E-state index contributed by atoms with van der Waals surface area (Å²) < 4.78 is 5.58. The molecule has 3 rings (SSSR count). The number of carbonyl (C=O) groups is 1. The van der Waals surface area contributed by atoms with Crippen LogP contribution in [0.3, 0.4) is 0 Å². The minimum Gasteiger partial charge on any atom is -0.378 e. The molecule has 0 aromatic heterocycles. The quantitative estimate of drug-likeness (QED) is 0.905. The van der Waals surface area contributed by atoms with Crippen molar-refractivity contribution in [2.75, 3.05) is 24.6 Å². The number of nitrogens with one attached hydrogen (secondary N) is 1. The molecular weight excluding hydrogens is 264 g/mol. The van der Waals surface area contributed by atoms with Gasteiger partial charge in [-0.15, -0.1) is 0 Å². The Labute approximate surface area is 126 Å². The fourth-order valence-electron chi connectivity index (χ4n) is 3.43. The molecule has 1 aliphatic heterocycles. The lowest BCUT2D eigenvalue weighted by atomic mass is 9.76. The molecule has 0 radical (unpaired) electrons. The molecule has 1 aromatic rings. The van der Waals surface area contributed by atoms with Gasteiger partial charge in [-0.3, -0.25) is 4.79 Å². The van der Waals surface area contributed by atoms with Gasteiger partial charge in [-0.05, 0) is 51.0 Å². The van der Waals surface area contributed by atoms with Crippen LogP contribution in [0.15, 0.2) is 24.3 Å². The van der Waals surface area contributed by atoms with Gasteiger partial charge in [0, 0.05) is 42.9 Å². The molecule has 1 aromatic carbocycles. The highest BCUT2D eigenvalue weighted by atomic mass is 16.5. The van der Waals surface area contributed by atoms with Crippen molar-refractivity contribution in [1.29, 1.82) is 0 Å². The minimum absolute atomic E-state index is 0.0384. The van der Waals surface area contributed by atoms with E-state index in [0.717, 1.165) is 38.1 Å². The lowest BCUT2D eigenvalue weighted by molar-refractivity contribution is 0.00810. The van der Waals surface area contributed by atoms with Gasteiger partial charge in [0.2, 0.25) is 0 Å². The summed E-state index contributed by atoms with van der Waals surface area (Å²) in [6.45, 7) is 7.09. The molecule has 0 bridgehead atoms. The van der Waals surface area contributed by atoms with E-state index in [0.29, 0.717) is 18.1 Å². The number of nitrogens with zero attached hydrogens (tertiary/aromatic N) is 1. The Morgan fingerprint density at radius 3 is 2.62 bits per heavy atom. The van der Waals surface area contributed by atoms with Crippen molar-refractivity contribution in [1.82, 2.24) is 5.32 Å². The number of fused-ring (bicyclic) bond motifs is 1. The third-order valence-electron chi connectivity index (χ3n) is 4.84. The van der Waals surface area contributed by atoms with Gasteiger partial charge in [-0.25, -0.2) is 0 Å². The van der Waals surface area contributed by atoms with Crippen LogP contribution in [-0.4, -0.2) is 37.7 Å². The summed E-state index contributed by atoms with van der Waals surface area (Å²) >= 11 is 0. The summed E-state index contributed by atoms with van der Waals surface area (Å²) in [6.07, 6.45) is 2.44. The third kappa shape index (κ3) is 2.77. The van der Waals surface area contributed by atoms with Gasteiger partial charge in [0.1, 0.15) is 0 Å². The monoisotopic (exact) mass is 288 g/mol. The second-order valence-corrected chi connectivity index (χ2v) is 5.90. The van der Waals surface area contributed by atoms with Gasteiger partial charge in [0.25, 0.3) is 5.91 Å². The molecule has 4 nitrogen and oxygen atoms in total. The van der Waals surface area contributed by atoms with E-state index in [4.69, 9.17) is 4.74 Å². The van der Waals surface area contributed by atoms with Gasteiger partial charge in [0.05, 0.1) is 6.10 Å². The van der Waals surface area contributed by atoms with E-state index in [1.165, 1.54) is 5.69 Å². The number of ether oxygens (including phenoxy) is 1. The van der Waals surface area contributed by atoms with Gasteiger partial charge in [0.15, 0.2) is 0 Å². The van der Waals surface area contributed by atoms with Crippen LogP contribution in [0.5, 0.6) is 0 Å². The van der Waals surface area contributed by atoms with Crippen molar-refractivity contribution in [3.63, 3.8) is 0 Å². The summed E-state index contributed by atoms with van der Waals surface area (Å²) in [5.74, 6) is 0.570. The first-order valence-corrected chi connectivity index (χ1v) is 8.00. The van der Waals surface area contributed by atoms with Gasteiger partial charge >= 0.3 is 0 Å². The SMILES string of the molecule is CCN(CC)c1ccc(C(=O)N[C@@H]2C[C@H]3OCC[C@@H]23)cc1. The van der Waals surface area contributed by atoms with Crippen LogP contribution in [0.4, 0.5) is 5.69 Å². The first kappa shape index (κ1) is 14.4. The number of hydrogen-bond acceptors (Lipinski definition) is 3. The Hall–Kier alpha value is -1.55. The summed E-state index contributed by atoms with van der Waals surface area (Å²) in [7, 11) is 0. The van der Waals surface area contributed by atoms with Crippen LogP contribution >= 0.6 is 0 Å². The second-order valence-electron chi connectivity index (χ2n) is 5.90. The average molecular weight is 288 g/mol. The Kier molecular flexibility index (Phi) is 4.15. The number of rotatable bonds is 5. The topological polar surface area (TPSA) is 41.6 Å². The highest BCUT2D eigenvalue weighted by molar-refractivity contribution is 5.94. The highest BCUT2D eigenvalue weighted by Crippen LogP contribution is 2.38. The van der Waals surface area contributed by atoms with Crippen molar-refractivity contribution in [3.8, 4) is 0 Å². The molecule has 21 heavy (non-hydrogen) atoms. The summed E-state index contributed by atoms with van der Waals surface area (Å²) in [6, 6.07) is 8.20. The fourth-order valence-corrected chi connectivity index (χ4v) is 3.43. The molecule has 114 valence electrons. The second kappa shape index (κ2) is 6.06. The lowest BCUT2D eigenvalue weighted by Gasteiger charge is -2.39. The zero-order valence-electron chi connectivity index (χ0n) is 12.8. The molecule has 2 fully saturated rings. The molecule has 1 saturated heterocycles. The van der Waals surface area contributed by atoms with Crippen LogP contribution in [0, 0.1) is 5.92 Å². The molecule has 0 unspecified atom stereocenters. The van der Waals surface area contributed by atoms with Crippen molar-refractivity contribution < 1.29 is 9.53 Å². The van der Waals surface area contributed by atoms with Crippen molar-refractivity contribution >= 4 is 11.6 Å². The Balaban J connectivity index is 1.60. The molecule has 3 atom stereocenters. The number of benzene rings is 1. The van der Waals surface area contributed by atoms with E-state index < -0.39 is 0 Å². The Morgan fingerprint density at radius 2 is 2.00 bits per heavy atom. The van der Waals surface area contributed by atoms with Crippen molar-refractivity contribution in [3.05, 3.63) is 29.8 Å². The number of carbonyl (C=O) groups excluding carboxylic acids is 1. The number of hydrogen-bond donors (Lipinski definition) is 1. The van der Waals surface area contributed by atoms with Gasteiger partial charge in [-0.2, -0.15) is 0 Å². The maximum absolute atomic E-state index is 12.3. The molecular formula is C17H24N2O2. The number of anilines is 1. The maximum Gasteiger partial charge on any atom is 0.251 e. The predicted molar refractivity (Wildman–Crippen MR) is 83.7 cm³/mol. The van der Waals surface area contributed by atoms with E-state index in [1.54, 1.807) is 0 Å². The third-order valence-corrected chi connectivity index (χ3v) is 4.84. The lowest BCUT2D eigenvalue weighted by Crippen LogP contribution is -2.53. The molecule has 2 aliphatic rings. The predicted octanol–water partition coefficient (Wildman–Crippen LogP) is 2.44. The minimum atomic E-state index is 0.0384. The van der Waals surface area contributed by atoms with Crippen LogP contribution in [-0.2, 0) is 4.74 Å². The fraction of sp³-hybridized carbons (Fsp3) is 0.588. The molecule has 1 heterocycles. The van der Waals surface area contributed by atoms with Crippen LogP contribution < -0.4 is 10.2 Å². The Morgan fingerprint density at radius 1 is 1.29 bits per heavy atom. The van der Waals surface area contributed by atoms with Crippen molar-refractivity contribution in [2.24, 2.45) is 5.92 Å². The van der Waals surface area contributed by atoms with Gasteiger partial charge in [-0.1, -0.05) is 0 Å².